The van der Waals surface area contributed by atoms with E-state index in [1.807, 2.05) is 30.5 Å². The summed E-state index contributed by atoms with van der Waals surface area (Å²) in [6, 6.07) is 18.6. The number of para-hydroxylation sites is 2. The van der Waals surface area contributed by atoms with Crippen LogP contribution in [0.3, 0.4) is 0 Å². The first kappa shape index (κ1) is 23.3. The molecule has 1 aromatic heterocycles. The lowest BCUT2D eigenvalue weighted by molar-refractivity contribution is -0.385. The number of benzene rings is 3. The largest absolute Gasteiger partial charge is 0.507 e. The predicted molar refractivity (Wildman–Crippen MR) is 136 cm³/mol. The van der Waals surface area contributed by atoms with E-state index in [0.717, 1.165) is 16.5 Å². The third-order valence-corrected chi connectivity index (χ3v) is 6.63. The van der Waals surface area contributed by atoms with Crippen molar-refractivity contribution in [3.8, 4) is 0 Å². The Morgan fingerprint density at radius 3 is 2.47 bits per heavy atom. The molecular formula is C27H20ClN3O5. The van der Waals surface area contributed by atoms with Gasteiger partial charge < -0.3 is 15.0 Å². The maximum Gasteiger partial charge on any atom is 0.295 e. The first-order valence-electron chi connectivity index (χ1n) is 11.2. The van der Waals surface area contributed by atoms with Crippen LogP contribution < -0.4 is 0 Å². The molecule has 8 nitrogen and oxygen atoms in total. The van der Waals surface area contributed by atoms with E-state index in [4.69, 9.17) is 11.6 Å². The molecule has 1 aliphatic heterocycles. The van der Waals surface area contributed by atoms with Crippen molar-refractivity contribution in [3.63, 3.8) is 0 Å². The van der Waals surface area contributed by atoms with E-state index in [9.17, 15) is 24.8 Å². The number of nitrogens with zero attached hydrogens (tertiary/aromatic N) is 2. The van der Waals surface area contributed by atoms with Gasteiger partial charge in [-0.25, -0.2) is 0 Å². The highest BCUT2D eigenvalue weighted by molar-refractivity contribution is 6.46. The van der Waals surface area contributed by atoms with Crippen molar-refractivity contribution in [3.05, 3.63) is 116 Å². The second-order valence-electron chi connectivity index (χ2n) is 8.42. The maximum atomic E-state index is 13.2. The molecule has 3 aromatic carbocycles. The number of likely N-dealkylation sites (tertiary alicyclic amines) is 1. The van der Waals surface area contributed by atoms with Gasteiger partial charge in [-0.2, -0.15) is 0 Å². The van der Waals surface area contributed by atoms with Crippen LogP contribution in [0.15, 0.2) is 84.6 Å². The fraction of sp³-hybridized carbons (Fsp3) is 0.111. The molecule has 2 heterocycles. The van der Waals surface area contributed by atoms with Crippen molar-refractivity contribution in [2.45, 2.75) is 12.5 Å². The summed E-state index contributed by atoms with van der Waals surface area (Å²) < 4.78 is 0. The standard InChI is InChI=1S/C27H20ClN3O5/c28-18-11-9-16(10-12-18)25(32)23-24(20-6-2-4-8-22(20)31(35)36)30(27(34)26(23)33)14-13-17-15-29-21-7-3-1-5-19(17)21/h1-12,15,24,29,32H,13-14H2/t24-/m0/s1. The van der Waals surface area contributed by atoms with Crippen molar-refractivity contribution < 1.29 is 19.6 Å². The second-order valence-corrected chi connectivity index (χ2v) is 8.86. The number of nitrogens with one attached hydrogen (secondary N) is 1. The molecule has 36 heavy (non-hydrogen) atoms. The number of aromatic nitrogens is 1. The van der Waals surface area contributed by atoms with Gasteiger partial charge in [0.25, 0.3) is 17.4 Å². The SMILES string of the molecule is O=C1C(=O)N(CCc2c[nH]c3ccccc23)[C@@H](c2ccccc2[N+](=O)[O-])C1=C(O)c1ccc(Cl)cc1. The van der Waals surface area contributed by atoms with Gasteiger partial charge in [0, 0.05) is 40.3 Å². The Morgan fingerprint density at radius 2 is 1.72 bits per heavy atom. The van der Waals surface area contributed by atoms with Gasteiger partial charge in [-0.15, -0.1) is 0 Å². The molecule has 4 aromatic rings. The average Bonchev–Trinajstić information content (AvgIpc) is 3.41. The first-order chi connectivity index (χ1) is 17.4. The van der Waals surface area contributed by atoms with E-state index in [1.54, 1.807) is 18.2 Å². The lowest BCUT2D eigenvalue weighted by atomic mass is 9.94. The summed E-state index contributed by atoms with van der Waals surface area (Å²) in [4.78, 5) is 42.2. The van der Waals surface area contributed by atoms with Gasteiger partial charge in [-0.1, -0.05) is 41.9 Å². The third-order valence-electron chi connectivity index (χ3n) is 6.38. The number of nitro groups is 1. The van der Waals surface area contributed by atoms with E-state index < -0.39 is 28.4 Å². The van der Waals surface area contributed by atoms with Crippen molar-refractivity contribution in [1.82, 2.24) is 9.88 Å². The van der Waals surface area contributed by atoms with Crippen LogP contribution in [0, 0.1) is 10.1 Å². The number of aromatic amines is 1. The quantitative estimate of drug-likeness (QED) is 0.121. The first-order valence-corrected chi connectivity index (χ1v) is 11.6. The normalized spacial score (nSPS) is 17.1. The monoisotopic (exact) mass is 501 g/mol. The molecule has 5 rings (SSSR count). The molecule has 1 aliphatic rings. The van der Waals surface area contributed by atoms with Crippen LogP contribution in [0.1, 0.15) is 22.7 Å². The zero-order valence-electron chi connectivity index (χ0n) is 18.8. The number of hydrogen-bond acceptors (Lipinski definition) is 5. The minimum absolute atomic E-state index is 0.112. The molecule has 1 saturated heterocycles. The maximum absolute atomic E-state index is 13.2. The number of hydrogen-bond donors (Lipinski definition) is 2. The minimum Gasteiger partial charge on any atom is -0.507 e. The van der Waals surface area contributed by atoms with Crippen LogP contribution in [0.5, 0.6) is 0 Å². The van der Waals surface area contributed by atoms with Gasteiger partial charge in [0.2, 0.25) is 0 Å². The lowest BCUT2D eigenvalue weighted by Crippen LogP contribution is -2.32. The molecule has 0 spiro atoms. The van der Waals surface area contributed by atoms with Gasteiger partial charge >= 0.3 is 0 Å². The summed E-state index contributed by atoms with van der Waals surface area (Å²) in [5, 5.41) is 24.4. The van der Waals surface area contributed by atoms with Gasteiger partial charge in [-0.05, 0) is 48.4 Å². The zero-order valence-corrected chi connectivity index (χ0v) is 19.6. The molecule has 180 valence electrons. The van der Waals surface area contributed by atoms with Crippen molar-refractivity contribution in [2.24, 2.45) is 0 Å². The molecule has 0 unspecified atom stereocenters. The molecule has 1 amide bonds. The van der Waals surface area contributed by atoms with E-state index in [0.29, 0.717) is 11.4 Å². The van der Waals surface area contributed by atoms with Crippen LogP contribution in [0.25, 0.3) is 16.7 Å². The Balaban J connectivity index is 1.62. The highest BCUT2D eigenvalue weighted by Gasteiger charge is 2.47. The molecular weight excluding hydrogens is 482 g/mol. The topological polar surface area (TPSA) is 117 Å². The van der Waals surface area contributed by atoms with E-state index >= 15 is 0 Å². The van der Waals surface area contributed by atoms with E-state index in [-0.39, 0.29) is 28.9 Å². The van der Waals surface area contributed by atoms with Gasteiger partial charge in [0.1, 0.15) is 5.76 Å². The molecule has 1 fully saturated rings. The third kappa shape index (κ3) is 4.01. The van der Waals surface area contributed by atoms with E-state index in [2.05, 4.69) is 4.98 Å². The number of ketones is 1. The summed E-state index contributed by atoms with van der Waals surface area (Å²) in [5.74, 6) is -2.14. The number of nitro benzene ring substituents is 1. The number of aliphatic hydroxyl groups is 1. The summed E-state index contributed by atoms with van der Waals surface area (Å²) in [6.45, 7) is 0.112. The molecule has 9 heteroatoms. The van der Waals surface area contributed by atoms with Crippen LogP contribution in [0.4, 0.5) is 5.69 Å². The van der Waals surface area contributed by atoms with Gasteiger partial charge in [-0.3, -0.25) is 19.7 Å². The van der Waals surface area contributed by atoms with Crippen molar-refractivity contribution in [1.29, 1.82) is 0 Å². The van der Waals surface area contributed by atoms with Gasteiger partial charge in [0.05, 0.1) is 22.1 Å². The Kier molecular flexibility index (Phi) is 6.03. The summed E-state index contributed by atoms with van der Waals surface area (Å²) in [7, 11) is 0. The number of amides is 1. The molecule has 0 bridgehead atoms. The Hall–Kier alpha value is -4.43. The molecule has 1 atom stereocenters. The number of carbonyl (C=O) groups is 2. The molecule has 0 aliphatic carbocycles. The summed E-state index contributed by atoms with van der Waals surface area (Å²) in [6.07, 6.45) is 2.24. The van der Waals surface area contributed by atoms with Crippen molar-refractivity contribution in [2.75, 3.05) is 6.54 Å². The second kappa shape index (κ2) is 9.31. The van der Waals surface area contributed by atoms with E-state index in [1.165, 1.54) is 35.2 Å². The van der Waals surface area contributed by atoms with Crippen molar-refractivity contribution >= 4 is 45.6 Å². The molecule has 0 saturated carbocycles. The molecule has 0 radical (unpaired) electrons. The predicted octanol–water partition coefficient (Wildman–Crippen LogP) is 5.39. The number of halogens is 1. The number of fused-ring (bicyclic) bond motifs is 1. The Labute approximate surface area is 210 Å². The Morgan fingerprint density at radius 1 is 1.03 bits per heavy atom. The number of H-pyrrole nitrogens is 1. The van der Waals surface area contributed by atoms with Gasteiger partial charge in [0.15, 0.2) is 0 Å². The summed E-state index contributed by atoms with van der Waals surface area (Å²) in [5.41, 5.74) is 1.85. The van der Waals surface area contributed by atoms with Crippen LogP contribution in [0.2, 0.25) is 5.02 Å². The average molecular weight is 502 g/mol. The number of carbonyl (C=O) groups excluding carboxylic acids is 2. The van der Waals surface area contributed by atoms with Crippen LogP contribution in [-0.4, -0.2) is 38.1 Å². The highest BCUT2D eigenvalue weighted by atomic mass is 35.5. The minimum atomic E-state index is -1.13. The van der Waals surface area contributed by atoms with Crippen LogP contribution in [-0.2, 0) is 16.0 Å². The van der Waals surface area contributed by atoms with Crippen LogP contribution >= 0.6 is 11.6 Å². The Bertz CT molecular complexity index is 1540. The fourth-order valence-corrected chi connectivity index (χ4v) is 4.79. The molecule has 2 N–H and O–H groups in total. The smallest absolute Gasteiger partial charge is 0.295 e. The highest BCUT2D eigenvalue weighted by Crippen LogP contribution is 2.42. The fourth-order valence-electron chi connectivity index (χ4n) is 4.66. The number of Topliss-reactive ketones (excluding diaryl/α,β-unsaturated/α-hetero) is 1. The number of aliphatic hydroxyl groups excluding tert-OH is 1. The lowest BCUT2D eigenvalue weighted by Gasteiger charge is -2.25. The zero-order chi connectivity index (χ0) is 25.4. The number of rotatable bonds is 6. The summed E-state index contributed by atoms with van der Waals surface area (Å²) >= 11 is 5.96.